The lowest BCUT2D eigenvalue weighted by atomic mass is 10.1. The number of carboxylic acids is 1. The van der Waals surface area contributed by atoms with Gasteiger partial charge in [0, 0.05) is 6.54 Å². The fourth-order valence-corrected chi connectivity index (χ4v) is 3.05. The number of nitrogens with zero attached hydrogens (tertiary/aromatic N) is 1. The third-order valence-corrected chi connectivity index (χ3v) is 4.86. The summed E-state index contributed by atoms with van der Waals surface area (Å²) in [5, 5.41) is 9.85. The van der Waals surface area contributed by atoms with Crippen molar-refractivity contribution in [1.82, 2.24) is 4.90 Å². The summed E-state index contributed by atoms with van der Waals surface area (Å²) >= 11 is 11.9. The summed E-state index contributed by atoms with van der Waals surface area (Å²) in [4.78, 5) is 24.9. The molecule has 2 aliphatic rings. The van der Waals surface area contributed by atoms with E-state index in [1.165, 1.54) is 0 Å². The lowest BCUT2D eigenvalue weighted by Crippen LogP contribution is -2.43. The SMILES string of the molecule is O=C(O)C1CC1C(=O)N1CCOC(c2ccc(Cl)c(Cl)c2)C1. The number of amides is 1. The van der Waals surface area contributed by atoms with Crippen LogP contribution in [0.15, 0.2) is 18.2 Å². The van der Waals surface area contributed by atoms with Crippen LogP contribution in [0.4, 0.5) is 0 Å². The van der Waals surface area contributed by atoms with Gasteiger partial charge in [0.15, 0.2) is 0 Å². The van der Waals surface area contributed by atoms with E-state index in [0.29, 0.717) is 36.2 Å². The Morgan fingerprint density at radius 3 is 2.64 bits per heavy atom. The highest BCUT2D eigenvalue weighted by Gasteiger charge is 2.50. The average molecular weight is 344 g/mol. The number of carbonyl (C=O) groups excluding carboxylic acids is 1. The van der Waals surface area contributed by atoms with Gasteiger partial charge in [-0.25, -0.2) is 0 Å². The van der Waals surface area contributed by atoms with Gasteiger partial charge in [-0.3, -0.25) is 9.59 Å². The number of morpholine rings is 1. The Morgan fingerprint density at radius 1 is 1.23 bits per heavy atom. The first-order valence-electron chi connectivity index (χ1n) is 7.05. The minimum absolute atomic E-state index is 0.0965. The van der Waals surface area contributed by atoms with Gasteiger partial charge in [-0.05, 0) is 24.1 Å². The van der Waals surface area contributed by atoms with E-state index in [9.17, 15) is 9.59 Å². The van der Waals surface area contributed by atoms with Crippen LogP contribution in [0.25, 0.3) is 0 Å². The molecule has 1 aromatic rings. The first-order chi connectivity index (χ1) is 10.5. The summed E-state index contributed by atoms with van der Waals surface area (Å²) < 4.78 is 5.70. The molecule has 1 saturated heterocycles. The molecule has 1 amide bonds. The molecule has 1 saturated carbocycles. The maximum atomic E-state index is 12.3. The third kappa shape index (κ3) is 3.07. The van der Waals surface area contributed by atoms with E-state index < -0.39 is 11.9 Å². The van der Waals surface area contributed by atoms with Gasteiger partial charge in [0.1, 0.15) is 6.10 Å². The van der Waals surface area contributed by atoms with Gasteiger partial charge in [0.2, 0.25) is 5.91 Å². The van der Waals surface area contributed by atoms with Crippen molar-refractivity contribution >= 4 is 35.1 Å². The Balaban J connectivity index is 1.68. The van der Waals surface area contributed by atoms with Crippen molar-refractivity contribution in [2.75, 3.05) is 19.7 Å². The smallest absolute Gasteiger partial charge is 0.307 e. The Bertz CT molecular complexity index is 622. The molecule has 2 fully saturated rings. The second kappa shape index (κ2) is 6.07. The number of hydrogen-bond acceptors (Lipinski definition) is 3. The highest BCUT2D eigenvalue weighted by Crippen LogP contribution is 2.41. The van der Waals surface area contributed by atoms with Crippen LogP contribution in [0.5, 0.6) is 0 Å². The van der Waals surface area contributed by atoms with Crippen LogP contribution >= 0.6 is 23.2 Å². The largest absolute Gasteiger partial charge is 0.481 e. The molecule has 0 bridgehead atoms. The number of hydrogen-bond donors (Lipinski definition) is 1. The first-order valence-corrected chi connectivity index (χ1v) is 7.81. The van der Waals surface area contributed by atoms with Crippen LogP contribution in [0.3, 0.4) is 0 Å². The van der Waals surface area contributed by atoms with E-state index in [1.807, 2.05) is 6.07 Å². The number of benzene rings is 1. The van der Waals surface area contributed by atoms with E-state index >= 15 is 0 Å². The number of carbonyl (C=O) groups is 2. The molecule has 1 aromatic carbocycles. The lowest BCUT2D eigenvalue weighted by molar-refractivity contribution is -0.145. The second-order valence-corrected chi connectivity index (χ2v) is 6.42. The summed E-state index contributed by atoms with van der Waals surface area (Å²) in [7, 11) is 0. The number of carboxylic acid groups (broad SMARTS) is 1. The maximum absolute atomic E-state index is 12.3. The molecule has 0 spiro atoms. The van der Waals surface area contributed by atoms with Gasteiger partial charge in [-0.1, -0.05) is 29.3 Å². The molecule has 3 atom stereocenters. The zero-order valence-electron chi connectivity index (χ0n) is 11.7. The number of rotatable bonds is 3. The van der Waals surface area contributed by atoms with Gasteiger partial charge in [-0.2, -0.15) is 0 Å². The second-order valence-electron chi connectivity index (χ2n) is 5.60. The van der Waals surface area contributed by atoms with E-state index in [0.717, 1.165) is 5.56 Å². The van der Waals surface area contributed by atoms with Gasteiger partial charge < -0.3 is 14.7 Å². The molecule has 3 rings (SSSR count). The van der Waals surface area contributed by atoms with E-state index in [-0.39, 0.29) is 17.9 Å². The Hall–Kier alpha value is -1.30. The Morgan fingerprint density at radius 2 is 2.00 bits per heavy atom. The number of aliphatic carboxylic acids is 1. The van der Waals surface area contributed by atoms with Crippen molar-refractivity contribution in [1.29, 1.82) is 0 Å². The Labute approximate surface area is 137 Å². The maximum Gasteiger partial charge on any atom is 0.307 e. The quantitative estimate of drug-likeness (QED) is 0.915. The normalized spacial score (nSPS) is 27.5. The van der Waals surface area contributed by atoms with Crippen LogP contribution < -0.4 is 0 Å². The molecule has 7 heteroatoms. The molecule has 0 aromatic heterocycles. The lowest BCUT2D eigenvalue weighted by Gasteiger charge is -2.33. The van der Waals surface area contributed by atoms with Gasteiger partial charge >= 0.3 is 5.97 Å². The predicted octanol–water partition coefficient (Wildman–Crippen LogP) is 2.61. The molecular weight excluding hydrogens is 329 g/mol. The van der Waals surface area contributed by atoms with E-state index in [4.69, 9.17) is 33.0 Å². The van der Waals surface area contributed by atoms with Crippen molar-refractivity contribution in [2.45, 2.75) is 12.5 Å². The molecule has 0 radical (unpaired) electrons. The van der Waals surface area contributed by atoms with Crippen LogP contribution in [0, 0.1) is 11.8 Å². The summed E-state index contributed by atoms with van der Waals surface area (Å²) in [5.41, 5.74) is 0.859. The van der Waals surface area contributed by atoms with Crippen molar-refractivity contribution < 1.29 is 19.4 Å². The Kier molecular flexibility index (Phi) is 4.30. The fraction of sp³-hybridized carbons (Fsp3) is 0.467. The number of halogens is 2. The fourth-order valence-electron chi connectivity index (χ4n) is 2.74. The van der Waals surface area contributed by atoms with Crippen LogP contribution in [-0.2, 0) is 14.3 Å². The van der Waals surface area contributed by atoms with Crippen molar-refractivity contribution in [2.24, 2.45) is 11.8 Å². The molecule has 22 heavy (non-hydrogen) atoms. The van der Waals surface area contributed by atoms with Crippen LogP contribution in [0.1, 0.15) is 18.1 Å². The third-order valence-electron chi connectivity index (χ3n) is 4.12. The van der Waals surface area contributed by atoms with Crippen molar-refractivity contribution in [3.8, 4) is 0 Å². The highest BCUT2D eigenvalue weighted by atomic mass is 35.5. The summed E-state index contributed by atoms with van der Waals surface area (Å²) in [6.45, 7) is 1.31. The molecule has 1 heterocycles. The highest BCUT2D eigenvalue weighted by molar-refractivity contribution is 6.42. The zero-order valence-corrected chi connectivity index (χ0v) is 13.2. The summed E-state index contributed by atoms with van der Waals surface area (Å²) in [6, 6.07) is 5.26. The monoisotopic (exact) mass is 343 g/mol. The minimum Gasteiger partial charge on any atom is -0.481 e. The summed E-state index contributed by atoms with van der Waals surface area (Å²) in [5.74, 6) is -1.91. The molecule has 1 N–H and O–H groups in total. The molecule has 1 aliphatic carbocycles. The zero-order chi connectivity index (χ0) is 15.9. The number of ether oxygens (including phenoxy) is 1. The van der Waals surface area contributed by atoms with Gasteiger partial charge in [0.05, 0.1) is 35.0 Å². The standard InChI is InChI=1S/C15H15Cl2NO4/c16-11-2-1-8(5-12(11)17)13-7-18(3-4-22-13)14(19)9-6-10(9)15(20)21/h1-2,5,9-10,13H,3-4,6-7H2,(H,20,21). The van der Waals surface area contributed by atoms with Crippen molar-refractivity contribution in [3.63, 3.8) is 0 Å². The molecule has 118 valence electrons. The first kappa shape index (κ1) is 15.6. The molecule has 5 nitrogen and oxygen atoms in total. The van der Waals surface area contributed by atoms with E-state index in [2.05, 4.69) is 0 Å². The van der Waals surface area contributed by atoms with E-state index in [1.54, 1.807) is 17.0 Å². The summed E-state index contributed by atoms with van der Waals surface area (Å²) in [6.07, 6.45) is 0.165. The minimum atomic E-state index is -0.896. The topological polar surface area (TPSA) is 66.8 Å². The van der Waals surface area contributed by atoms with Crippen LogP contribution in [0.2, 0.25) is 10.0 Å². The molecular formula is C15H15Cl2NO4. The van der Waals surface area contributed by atoms with Gasteiger partial charge in [0.25, 0.3) is 0 Å². The average Bonchev–Trinajstić information content (AvgIpc) is 3.30. The van der Waals surface area contributed by atoms with Crippen molar-refractivity contribution in [3.05, 3.63) is 33.8 Å². The van der Waals surface area contributed by atoms with Gasteiger partial charge in [-0.15, -0.1) is 0 Å². The predicted molar refractivity (Wildman–Crippen MR) is 81.0 cm³/mol. The van der Waals surface area contributed by atoms with Crippen LogP contribution in [-0.4, -0.2) is 41.6 Å². The molecule has 1 aliphatic heterocycles. The molecule has 3 unspecified atom stereocenters.